The van der Waals surface area contributed by atoms with Gasteiger partial charge in [-0.3, -0.25) is 0 Å². The molecule has 1 aromatic carbocycles. The van der Waals surface area contributed by atoms with Crippen LogP contribution < -0.4 is 9.47 Å². The maximum absolute atomic E-state index is 10.7. The Labute approximate surface area is 118 Å². The zero-order valence-electron chi connectivity index (χ0n) is 12.0. The SMILES string of the molecule is CCCn1ccnc1C(O)c1c(OC)cccc1OC. The second kappa shape index (κ2) is 6.43. The highest BCUT2D eigenvalue weighted by Gasteiger charge is 2.23. The Balaban J connectivity index is 2.46. The van der Waals surface area contributed by atoms with E-state index in [-0.39, 0.29) is 0 Å². The van der Waals surface area contributed by atoms with Gasteiger partial charge in [0.15, 0.2) is 0 Å². The van der Waals surface area contributed by atoms with Crippen molar-refractivity contribution in [2.24, 2.45) is 0 Å². The number of benzene rings is 1. The number of hydrogen-bond acceptors (Lipinski definition) is 4. The normalized spacial score (nSPS) is 12.2. The van der Waals surface area contributed by atoms with Crippen molar-refractivity contribution in [3.63, 3.8) is 0 Å². The van der Waals surface area contributed by atoms with Crippen LogP contribution in [0.5, 0.6) is 11.5 Å². The minimum atomic E-state index is -0.886. The molecule has 0 saturated heterocycles. The standard InChI is InChI=1S/C15H20N2O3/c1-4-9-17-10-8-16-15(17)14(18)13-11(19-2)6-5-7-12(13)20-3/h5-8,10,14,18H,4,9H2,1-3H3. The summed E-state index contributed by atoms with van der Waals surface area (Å²) in [5.41, 5.74) is 0.598. The number of methoxy groups -OCH3 is 2. The van der Waals surface area contributed by atoms with Crippen LogP contribution in [-0.4, -0.2) is 28.9 Å². The van der Waals surface area contributed by atoms with E-state index in [0.717, 1.165) is 13.0 Å². The molecule has 1 heterocycles. The summed E-state index contributed by atoms with van der Waals surface area (Å²) in [6.07, 6.45) is 3.64. The van der Waals surface area contributed by atoms with Crippen molar-refractivity contribution in [1.29, 1.82) is 0 Å². The molecule has 1 aromatic heterocycles. The summed E-state index contributed by atoms with van der Waals surface area (Å²) in [5.74, 6) is 1.76. The van der Waals surface area contributed by atoms with E-state index in [0.29, 0.717) is 22.9 Å². The molecule has 0 aliphatic carbocycles. The first-order valence-electron chi connectivity index (χ1n) is 6.62. The number of aliphatic hydroxyl groups excluding tert-OH is 1. The lowest BCUT2D eigenvalue weighted by Gasteiger charge is -2.18. The van der Waals surface area contributed by atoms with Crippen molar-refractivity contribution in [1.82, 2.24) is 9.55 Å². The summed E-state index contributed by atoms with van der Waals surface area (Å²) < 4.78 is 12.6. The second-order valence-electron chi connectivity index (χ2n) is 4.46. The summed E-state index contributed by atoms with van der Waals surface area (Å²) in [4.78, 5) is 4.26. The van der Waals surface area contributed by atoms with Gasteiger partial charge in [-0.25, -0.2) is 4.98 Å². The number of imidazole rings is 1. The molecular weight excluding hydrogens is 256 g/mol. The third-order valence-corrected chi connectivity index (χ3v) is 3.20. The van der Waals surface area contributed by atoms with E-state index in [1.165, 1.54) is 0 Å². The zero-order valence-corrected chi connectivity index (χ0v) is 12.0. The van der Waals surface area contributed by atoms with Crippen molar-refractivity contribution in [2.45, 2.75) is 26.0 Å². The number of aryl methyl sites for hydroxylation is 1. The van der Waals surface area contributed by atoms with Crippen molar-refractivity contribution in [2.75, 3.05) is 14.2 Å². The third-order valence-electron chi connectivity index (χ3n) is 3.20. The largest absolute Gasteiger partial charge is 0.496 e. The molecule has 0 amide bonds. The van der Waals surface area contributed by atoms with Crippen LogP contribution in [0.15, 0.2) is 30.6 Å². The molecule has 0 aliphatic heterocycles. The maximum Gasteiger partial charge on any atom is 0.144 e. The molecule has 0 spiro atoms. The minimum Gasteiger partial charge on any atom is -0.496 e. The van der Waals surface area contributed by atoms with Crippen LogP contribution in [0.4, 0.5) is 0 Å². The Kier molecular flexibility index (Phi) is 4.63. The van der Waals surface area contributed by atoms with E-state index in [4.69, 9.17) is 9.47 Å². The monoisotopic (exact) mass is 276 g/mol. The molecule has 5 heteroatoms. The van der Waals surface area contributed by atoms with E-state index in [1.807, 2.05) is 16.8 Å². The molecule has 20 heavy (non-hydrogen) atoms. The van der Waals surface area contributed by atoms with E-state index >= 15 is 0 Å². The van der Waals surface area contributed by atoms with Crippen LogP contribution in [0.1, 0.15) is 30.8 Å². The van der Waals surface area contributed by atoms with Gasteiger partial charge < -0.3 is 19.1 Å². The Morgan fingerprint density at radius 2 is 1.90 bits per heavy atom. The van der Waals surface area contributed by atoms with Crippen molar-refractivity contribution in [3.8, 4) is 11.5 Å². The molecule has 1 atom stereocenters. The number of nitrogens with zero attached hydrogens (tertiary/aromatic N) is 2. The van der Waals surface area contributed by atoms with Gasteiger partial charge in [0.25, 0.3) is 0 Å². The molecule has 0 aliphatic rings. The molecule has 108 valence electrons. The Morgan fingerprint density at radius 1 is 1.25 bits per heavy atom. The highest BCUT2D eigenvalue weighted by molar-refractivity contribution is 5.48. The lowest BCUT2D eigenvalue weighted by atomic mass is 10.1. The molecule has 1 unspecified atom stereocenters. The molecule has 0 radical (unpaired) electrons. The molecule has 0 bridgehead atoms. The van der Waals surface area contributed by atoms with E-state index in [2.05, 4.69) is 11.9 Å². The highest BCUT2D eigenvalue weighted by Crippen LogP contribution is 2.36. The van der Waals surface area contributed by atoms with Gasteiger partial charge in [-0.1, -0.05) is 13.0 Å². The average Bonchev–Trinajstić information content (AvgIpc) is 2.94. The summed E-state index contributed by atoms with van der Waals surface area (Å²) in [6, 6.07) is 5.43. The fourth-order valence-corrected chi connectivity index (χ4v) is 2.28. The van der Waals surface area contributed by atoms with Gasteiger partial charge in [0, 0.05) is 18.9 Å². The van der Waals surface area contributed by atoms with Gasteiger partial charge in [0.1, 0.15) is 23.4 Å². The quantitative estimate of drug-likeness (QED) is 0.880. The first kappa shape index (κ1) is 14.4. The second-order valence-corrected chi connectivity index (χ2v) is 4.46. The summed E-state index contributed by atoms with van der Waals surface area (Å²) in [6.45, 7) is 2.89. The van der Waals surface area contributed by atoms with Crippen molar-refractivity contribution < 1.29 is 14.6 Å². The minimum absolute atomic E-state index is 0.586. The van der Waals surface area contributed by atoms with Crippen LogP contribution in [0.2, 0.25) is 0 Å². The zero-order chi connectivity index (χ0) is 14.5. The molecule has 5 nitrogen and oxygen atoms in total. The number of aliphatic hydroxyl groups is 1. The summed E-state index contributed by atoms with van der Waals surface area (Å²) in [7, 11) is 3.15. The topological polar surface area (TPSA) is 56.5 Å². The molecule has 0 saturated carbocycles. The maximum atomic E-state index is 10.7. The fraction of sp³-hybridized carbons (Fsp3) is 0.400. The van der Waals surface area contributed by atoms with E-state index in [1.54, 1.807) is 32.5 Å². The number of rotatable bonds is 6. The first-order valence-corrected chi connectivity index (χ1v) is 6.62. The average molecular weight is 276 g/mol. The molecular formula is C15H20N2O3. The van der Waals surface area contributed by atoms with Crippen molar-refractivity contribution in [3.05, 3.63) is 42.0 Å². The number of aromatic nitrogens is 2. The van der Waals surface area contributed by atoms with Gasteiger partial charge in [0.05, 0.1) is 19.8 Å². The predicted octanol–water partition coefficient (Wildman–Crippen LogP) is 2.39. The van der Waals surface area contributed by atoms with E-state index < -0.39 is 6.10 Å². The van der Waals surface area contributed by atoms with Crippen LogP contribution in [0.3, 0.4) is 0 Å². The number of ether oxygens (including phenoxy) is 2. The third kappa shape index (κ3) is 2.63. The van der Waals surface area contributed by atoms with Crippen LogP contribution >= 0.6 is 0 Å². The Bertz CT molecular complexity index is 544. The smallest absolute Gasteiger partial charge is 0.144 e. The van der Waals surface area contributed by atoms with Gasteiger partial charge in [-0.15, -0.1) is 0 Å². The van der Waals surface area contributed by atoms with Crippen molar-refractivity contribution >= 4 is 0 Å². The molecule has 0 fully saturated rings. The lowest BCUT2D eigenvalue weighted by Crippen LogP contribution is -2.12. The Hall–Kier alpha value is -2.01. The van der Waals surface area contributed by atoms with Gasteiger partial charge in [-0.2, -0.15) is 0 Å². The van der Waals surface area contributed by atoms with Gasteiger partial charge in [0.2, 0.25) is 0 Å². The molecule has 2 aromatic rings. The lowest BCUT2D eigenvalue weighted by molar-refractivity contribution is 0.194. The summed E-state index contributed by atoms with van der Waals surface area (Å²) >= 11 is 0. The molecule has 2 rings (SSSR count). The van der Waals surface area contributed by atoms with Gasteiger partial charge in [-0.05, 0) is 18.6 Å². The van der Waals surface area contributed by atoms with Crippen LogP contribution in [0, 0.1) is 0 Å². The predicted molar refractivity (Wildman–Crippen MR) is 76.1 cm³/mol. The van der Waals surface area contributed by atoms with Crippen LogP contribution in [-0.2, 0) is 6.54 Å². The fourth-order valence-electron chi connectivity index (χ4n) is 2.28. The number of hydrogen-bond donors (Lipinski definition) is 1. The molecule has 1 N–H and O–H groups in total. The van der Waals surface area contributed by atoms with Gasteiger partial charge >= 0.3 is 0 Å². The van der Waals surface area contributed by atoms with Crippen LogP contribution in [0.25, 0.3) is 0 Å². The summed E-state index contributed by atoms with van der Waals surface area (Å²) in [5, 5.41) is 10.7. The first-order chi connectivity index (χ1) is 9.72. The van der Waals surface area contributed by atoms with E-state index in [9.17, 15) is 5.11 Å². The Morgan fingerprint density at radius 3 is 2.45 bits per heavy atom. The highest BCUT2D eigenvalue weighted by atomic mass is 16.5.